The van der Waals surface area contributed by atoms with E-state index in [0.29, 0.717) is 5.75 Å². The Morgan fingerprint density at radius 3 is 2.67 bits per heavy atom. The van der Waals surface area contributed by atoms with Crippen LogP contribution in [0.5, 0.6) is 5.75 Å². The molecular weight excluding hydrogens is 184 g/mol. The Morgan fingerprint density at radius 1 is 0.933 bits per heavy atom. The van der Waals surface area contributed by atoms with Crippen molar-refractivity contribution in [2.75, 3.05) is 0 Å². The summed E-state index contributed by atoms with van der Waals surface area (Å²) in [6.45, 7) is 0. The molecule has 0 aliphatic rings. The van der Waals surface area contributed by atoms with Crippen molar-refractivity contribution in [2.45, 2.75) is 0 Å². The SMILES string of the molecule is Oc1c2[c]cccc2cc2ccccc12. The monoisotopic (exact) mass is 193 g/mol. The molecule has 1 N–H and O–H groups in total. The summed E-state index contributed by atoms with van der Waals surface area (Å²) in [6, 6.07) is 18.7. The topological polar surface area (TPSA) is 20.2 Å². The number of hydrogen-bond donors (Lipinski definition) is 1. The highest BCUT2D eigenvalue weighted by molar-refractivity contribution is 6.04. The van der Waals surface area contributed by atoms with Gasteiger partial charge in [0.2, 0.25) is 0 Å². The van der Waals surface area contributed by atoms with Crippen LogP contribution in [0.4, 0.5) is 0 Å². The lowest BCUT2D eigenvalue weighted by molar-refractivity contribution is 0.487. The summed E-state index contributed by atoms with van der Waals surface area (Å²) >= 11 is 0. The van der Waals surface area contributed by atoms with Gasteiger partial charge >= 0.3 is 0 Å². The van der Waals surface area contributed by atoms with Crippen LogP contribution in [0.2, 0.25) is 0 Å². The maximum Gasteiger partial charge on any atom is 0.131 e. The standard InChI is InChI=1S/C14H9O/c15-14-12-7-3-1-5-10(12)9-11-6-2-4-8-13(11)14/h1-7,9,15H. The second kappa shape index (κ2) is 2.99. The summed E-state index contributed by atoms with van der Waals surface area (Å²) in [5, 5.41) is 13.8. The van der Waals surface area contributed by atoms with Crippen LogP contribution < -0.4 is 0 Å². The Hall–Kier alpha value is -2.02. The fourth-order valence-electron chi connectivity index (χ4n) is 1.92. The molecule has 1 nitrogen and oxygen atoms in total. The molecule has 0 amide bonds. The van der Waals surface area contributed by atoms with Crippen LogP contribution in [0.15, 0.2) is 48.5 Å². The van der Waals surface area contributed by atoms with E-state index in [9.17, 15) is 5.11 Å². The zero-order valence-corrected chi connectivity index (χ0v) is 8.07. The number of fused-ring (bicyclic) bond motifs is 2. The zero-order valence-electron chi connectivity index (χ0n) is 8.07. The molecule has 0 atom stereocenters. The van der Waals surface area contributed by atoms with E-state index in [0.717, 1.165) is 21.5 Å². The van der Waals surface area contributed by atoms with Gasteiger partial charge in [0.15, 0.2) is 0 Å². The largest absolute Gasteiger partial charge is 0.507 e. The Balaban J connectivity index is 2.60. The third-order valence-corrected chi connectivity index (χ3v) is 2.65. The number of rotatable bonds is 0. The Kier molecular flexibility index (Phi) is 1.65. The molecule has 0 spiro atoms. The van der Waals surface area contributed by atoms with Crippen molar-refractivity contribution in [2.24, 2.45) is 0 Å². The van der Waals surface area contributed by atoms with Crippen molar-refractivity contribution in [3.8, 4) is 5.75 Å². The first kappa shape index (κ1) is 8.30. The molecule has 0 aliphatic carbocycles. The second-order valence-electron chi connectivity index (χ2n) is 3.58. The van der Waals surface area contributed by atoms with Crippen molar-refractivity contribution in [1.82, 2.24) is 0 Å². The molecule has 15 heavy (non-hydrogen) atoms. The van der Waals surface area contributed by atoms with E-state index >= 15 is 0 Å². The normalized spacial score (nSPS) is 10.9. The summed E-state index contributed by atoms with van der Waals surface area (Å²) in [4.78, 5) is 0. The van der Waals surface area contributed by atoms with E-state index < -0.39 is 0 Å². The maximum atomic E-state index is 10.1. The molecular formula is C14H9O. The smallest absolute Gasteiger partial charge is 0.131 e. The quantitative estimate of drug-likeness (QED) is 0.542. The summed E-state index contributed by atoms with van der Waals surface area (Å²) in [6.07, 6.45) is 0. The first-order valence-electron chi connectivity index (χ1n) is 4.87. The molecule has 0 aliphatic heterocycles. The third kappa shape index (κ3) is 1.17. The fraction of sp³-hybridized carbons (Fsp3) is 0. The van der Waals surface area contributed by atoms with Crippen LogP contribution >= 0.6 is 0 Å². The molecule has 1 radical (unpaired) electrons. The van der Waals surface area contributed by atoms with E-state index in [-0.39, 0.29) is 0 Å². The molecule has 3 rings (SSSR count). The summed E-state index contributed by atoms with van der Waals surface area (Å²) in [5.74, 6) is 0.323. The first-order valence-corrected chi connectivity index (χ1v) is 4.87. The molecule has 3 aromatic rings. The van der Waals surface area contributed by atoms with Gasteiger partial charge in [-0.15, -0.1) is 0 Å². The number of phenols is 1. The van der Waals surface area contributed by atoms with Crippen molar-refractivity contribution in [3.05, 3.63) is 54.6 Å². The van der Waals surface area contributed by atoms with Gasteiger partial charge in [-0.05, 0) is 22.9 Å². The van der Waals surface area contributed by atoms with Gasteiger partial charge < -0.3 is 5.11 Å². The van der Waals surface area contributed by atoms with Crippen LogP contribution in [-0.2, 0) is 0 Å². The predicted octanol–water partition coefficient (Wildman–Crippen LogP) is 3.50. The van der Waals surface area contributed by atoms with Crippen molar-refractivity contribution < 1.29 is 5.11 Å². The average Bonchev–Trinajstić information content (AvgIpc) is 2.30. The van der Waals surface area contributed by atoms with Gasteiger partial charge in [-0.1, -0.05) is 42.5 Å². The van der Waals surface area contributed by atoms with E-state index in [4.69, 9.17) is 0 Å². The molecule has 0 unspecified atom stereocenters. The van der Waals surface area contributed by atoms with Gasteiger partial charge in [0.05, 0.1) is 0 Å². The molecule has 0 bridgehead atoms. The number of hydrogen-bond acceptors (Lipinski definition) is 1. The number of phenolic OH excluding ortho intramolecular Hbond substituents is 1. The predicted molar refractivity (Wildman–Crippen MR) is 62.0 cm³/mol. The van der Waals surface area contributed by atoms with Gasteiger partial charge in [0.1, 0.15) is 5.75 Å². The van der Waals surface area contributed by atoms with Crippen LogP contribution in [0.25, 0.3) is 21.5 Å². The summed E-state index contributed by atoms with van der Waals surface area (Å²) < 4.78 is 0. The van der Waals surface area contributed by atoms with Gasteiger partial charge in [-0.25, -0.2) is 0 Å². The lowest BCUT2D eigenvalue weighted by atomic mass is 10.0. The molecule has 71 valence electrons. The molecule has 0 fully saturated rings. The van der Waals surface area contributed by atoms with Crippen molar-refractivity contribution in [3.63, 3.8) is 0 Å². The van der Waals surface area contributed by atoms with E-state index in [1.165, 1.54) is 0 Å². The molecule has 3 aromatic carbocycles. The Bertz CT molecular complexity index is 587. The first-order chi connectivity index (χ1) is 7.36. The summed E-state index contributed by atoms with van der Waals surface area (Å²) in [5.41, 5.74) is 0. The zero-order chi connectivity index (χ0) is 10.3. The third-order valence-electron chi connectivity index (χ3n) is 2.65. The van der Waals surface area contributed by atoms with Crippen molar-refractivity contribution in [1.29, 1.82) is 0 Å². The van der Waals surface area contributed by atoms with E-state index in [1.54, 1.807) is 0 Å². The van der Waals surface area contributed by atoms with Crippen LogP contribution in [0, 0.1) is 6.07 Å². The lowest BCUT2D eigenvalue weighted by Gasteiger charge is -2.05. The van der Waals surface area contributed by atoms with Gasteiger partial charge in [-0.2, -0.15) is 0 Å². The van der Waals surface area contributed by atoms with E-state index in [2.05, 4.69) is 12.1 Å². The number of aromatic hydroxyl groups is 1. The van der Waals surface area contributed by atoms with Crippen LogP contribution in [0.1, 0.15) is 0 Å². The van der Waals surface area contributed by atoms with Crippen LogP contribution in [0.3, 0.4) is 0 Å². The highest BCUT2D eigenvalue weighted by Crippen LogP contribution is 2.32. The van der Waals surface area contributed by atoms with Crippen molar-refractivity contribution >= 4 is 21.5 Å². The highest BCUT2D eigenvalue weighted by Gasteiger charge is 2.04. The molecule has 0 saturated heterocycles. The highest BCUT2D eigenvalue weighted by atomic mass is 16.3. The summed E-state index contributed by atoms with van der Waals surface area (Å²) in [7, 11) is 0. The Labute approximate surface area is 87.6 Å². The molecule has 1 heteroatoms. The van der Waals surface area contributed by atoms with E-state index in [1.807, 2.05) is 42.5 Å². The molecule has 0 aromatic heterocycles. The second-order valence-corrected chi connectivity index (χ2v) is 3.58. The fourth-order valence-corrected chi connectivity index (χ4v) is 1.92. The van der Waals surface area contributed by atoms with Gasteiger partial charge in [0, 0.05) is 10.8 Å². The maximum absolute atomic E-state index is 10.1. The number of benzene rings is 3. The minimum atomic E-state index is 0.323. The lowest BCUT2D eigenvalue weighted by Crippen LogP contribution is -1.78. The Morgan fingerprint density at radius 2 is 1.73 bits per heavy atom. The van der Waals surface area contributed by atoms with Gasteiger partial charge in [-0.3, -0.25) is 0 Å². The molecule has 0 saturated carbocycles. The average molecular weight is 193 g/mol. The van der Waals surface area contributed by atoms with Crippen LogP contribution in [-0.4, -0.2) is 5.11 Å². The molecule has 0 heterocycles. The van der Waals surface area contributed by atoms with Gasteiger partial charge in [0.25, 0.3) is 0 Å². The minimum Gasteiger partial charge on any atom is -0.507 e. The minimum absolute atomic E-state index is 0.323.